The molecule has 120 valence electrons. The zero-order valence-corrected chi connectivity index (χ0v) is 12.8. The number of anilines is 1. The highest BCUT2D eigenvalue weighted by Gasteiger charge is 2.19. The number of phenols is 1. The van der Waals surface area contributed by atoms with Gasteiger partial charge in [-0.25, -0.2) is 13.2 Å². The van der Waals surface area contributed by atoms with Crippen molar-refractivity contribution in [3.05, 3.63) is 53.6 Å². The highest BCUT2D eigenvalue weighted by atomic mass is 32.2. The smallest absolute Gasteiger partial charge is 0.339 e. The van der Waals surface area contributed by atoms with Crippen LogP contribution in [-0.4, -0.2) is 30.4 Å². The Labute approximate surface area is 132 Å². The zero-order valence-electron chi connectivity index (χ0n) is 12.0. The number of nitrogens with one attached hydrogen (secondary N) is 1. The zero-order chi connectivity index (χ0) is 17.2. The van der Waals surface area contributed by atoms with Crippen LogP contribution in [0.3, 0.4) is 0 Å². The molecule has 0 saturated carbocycles. The van der Waals surface area contributed by atoms with Crippen LogP contribution in [-0.2, 0) is 10.0 Å². The first kappa shape index (κ1) is 16.5. The first-order valence-corrected chi connectivity index (χ1v) is 7.90. The van der Waals surface area contributed by atoms with Gasteiger partial charge < -0.3 is 10.2 Å². The van der Waals surface area contributed by atoms with E-state index in [4.69, 9.17) is 5.11 Å². The normalized spacial score (nSPS) is 11.0. The van der Waals surface area contributed by atoms with Crippen molar-refractivity contribution in [1.82, 2.24) is 0 Å². The summed E-state index contributed by atoms with van der Waals surface area (Å²) in [5.41, 5.74) is -0.308. The maximum atomic E-state index is 12.3. The summed E-state index contributed by atoms with van der Waals surface area (Å²) < 4.78 is 26.6. The van der Waals surface area contributed by atoms with Crippen molar-refractivity contribution in [2.24, 2.45) is 0 Å². The minimum absolute atomic E-state index is 0.123. The molecular formula is C15H13NO6S. The fourth-order valence-electron chi connectivity index (χ4n) is 1.87. The van der Waals surface area contributed by atoms with E-state index in [1.54, 1.807) is 0 Å². The molecule has 0 radical (unpaired) electrons. The third-order valence-corrected chi connectivity index (χ3v) is 4.46. The van der Waals surface area contributed by atoms with Crippen molar-refractivity contribution in [3.63, 3.8) is 0 Å². The third-order valence-electron chi connectivity index (χ3n) is 3.08. The SMILES string of the molecule is CC(=O)c1ccc(S(=O)(=O)Nc2cccc(C(=O)O)c2O)cc1. The first-order chi connectivity index (χ1) is 10.7. The Morgan fingerprint density at radius 2 is 1.65 bits per heavy atom. The number of para-hydroxylation sites is 1. The molecule has 0 bridgehead atoms. The van der Waals surface area contributed by atoms with E-state index in [9.17, 15) is 23.1 Å². The molecule has 0 fully saturated rings. The second-order valence-electron chi connectivity index (χ2n) is 4.69. The average molecular weight is 335 g/mol. The van der Waals surface area contributed by atoms with Gasteiger partial charge in [0.05, 0.1) is 10.6 Å². The summed E-state index contributed by atoms with van der Waals surface area (Å²) in [4.78, 5) is 22.0. The Morgan fingerprint density at radius 3 is 2.17 bits per heavy atom. The van der Waals surface area contributed by atoms with Gasteiger partial charge >= 0.3 is 5.97 Å². The summed E-state index contributed by atoms with van der Waals surface area (Å²) in [7, 11) is -4.03. The Balaban J connectivity index is 2.37. The van der Waals surface area contributed by atoms with Crippen LogP contribution in [0.15, 0.2) is 47.4 Å². The predicted molar refractivity (Wildman–Crippen MR) is 82.3 cm³/mol. The van der Waals surface area contributed by atoms with Crippen LogP contribution < -0.4 is 4.72 Å². The molecule has 23 heavy (non-hydrogen) atoms. The van der Waals surface area contributed by atoms with Crippen LogP contribution >= 0.6 is 0 Å². The molecule has 2 aromatic rings. The van der Waals surface area contributed by atoms with Gasteiger partial charge in [-0.1, -0.05) is 18.2 Å². The number of hydrogen-bond acceptors (Lipinski definition) is 5. The van der Waals surface area contributed by atoms with Gasteiger partial charge in [-0.2, -0.15) is 0 Å². The Bertz CT molecular complexity index is 871. The topological polar surface area (TPSA) is 121 Å². The number of rotatable bonds is 5. The van der Waals surface area contributed by atoms with Crippen LogP contribution in [0.4, 0.5) is 5.69 Å². The first-order valence-electron chi connectivity index (χ1n) is 6.41. The number of carboxylic acid groups (broad SMARTS) is 1. The molecule has 2 rings (SSSR count). The second-order valence-corrected chi connectivity index (χ2v) is 6.38. The number of aromatic carboxylic acids is 1. The predicted octanol–water partition coefficient (Wildman–Crippen LogP) is 2.09. The fraction of sp³-hybridized carbons (Fsp3) is 0.0667. The minimum Gasteiger partial charge on any atom is -0.505 e. The second kappa shape index (κ2) is 6.09. The van der Waals surface area contributed by atoms with Crippen LogP contribution in [0.25, 0.3) is 0 Å². The van der Waals surface area contributed by atoms with Crippen molar-refractivity contribution in [2.75, 3.05) is 4.72 Å². The van der Waals surface area contributed by atoms with Crippen molar-refractivity contribution in [3.8, 4) is 5.75 Å². The average Bonchev–Trinajstić information content (AvgIpc) is 2.49. The summed E-state index contributed by atoms with van der Waals surface area (Å²) >= 11 is 0. The van der Waals surface area contributed by atoms with Crippen LogP contribution in [0.5, 0.6) is 5.75 Å². The summed E-state index contributed by atoms with van der Waals surface area (Å²) in [5, 5.41) is 18.8. The van der Waals surface area contributed by atoms with E-state index in [-0.39, 0.29) is 16.4 Å². The summed E-state index contributed by atoms with van der Waals surface area (Å²) in [6, 6.07) is 8.92. The number of Topliss-reactive ketones (excluding diaryl/α,β-unsaturated/α-hetero) is 1. The molecule has 7 nitrogen and oxygen atoms in total. The maximum Gasteiger partial charge on any atom is 0.339 e. The van der Waals surface area contributed by atoms with Gasteiger partial charge in [0, 0.05) is 5.56 Å². The van der Waals surface area contributed by atoms with Crippen molar-refractivity contribution in [1.29, 1.82) is 0 Å². The van der Waals surface area contributed by atoms with Gasteiger partial charge in [-0.15, -0.1) is 0 Å². The van der Waals surface area contributed by atoms with Gasteiger partial charge in [0.25, 0.3) is 10.0 Å². The summed E-state index contributed by atoms with van der Waals surface area (Å²) in [6.07, 6.45) is 0. The lowest BCUT2D eigenvalue weighted by atomic mass is 10.2. The van der Waals surface area contributed by atoms with E-state index >= 15 is 0 Å². The number of benzene rings is 2. The van der Waals surface area contributed by atoms with E-state index in [1.165, 1.54) is 43.3 Å². The third kappa shape index (κ3) is 3.49. The molecule has 0 saturated heterocycles. The van der Waals surface area contributed by atoms with Crippen molar-refractivity contribution < 1.29 is 28.2 Å². The molecule has 3 N–H and O–H groups in total. The molecule has 0 aliphatic carbocycles. The van der Waals surface area contributed by atoms with E-state index in [2.05, 4.69) is 4.72 Å². The Hall–Kier alpha value is -2.87. The molecule has 0 atom stereocenters. The summed E-state index contributed by atoms with van der Waals surface area (Å²) in [5.74, 6) is -2.26. The number of ketones is 1. The van der Waals surface area contributed by atoms with Gasteiger partial charge in [-0.3, -0.25) is 9.52 Å². The number of sulfonamides is 1. The van der Waals surface area contributed by atoms with E-state index in [0.717, 1.165) is 6.07 Å². The molecule has 2 aromatic carbocycles. The van der Waals surface area contributed by atoms with Gasteiger partial charge in [0.1, 0.15) is 5.56 Å². The van der Waals surface area contributed by atoms with E-state index in [1.807, 2.05) is 0 Å². The highest BCUT2D eigenvalue weighted by Crippen LogP contribution is 2.29. The molecule has 0 unspecified atom stereocenters. The molecule has 0 aromatic heterocycles. The van der Waals surface area contributed by atoms with Crippen LogP contribution in [0.2, 0.25) is 0 Å². The van der Waals surface area contributed by atoms with Crippen LogP contribution in [0, 0.1) is 0 Å². The molecule has 0 spiro atoms. The Morgan fingerprint density at radius 1 is 1.04 bits per heavy atom. The van der Waals surface area contributed by atoms with Gasteiger partial charge in [0.15, 0.2) is 11.5 Å². The summed E-state index contributed by atoms with van der Waals surface area (Å²) in [6.45, 7) is 1.36. The molecule has 0 aliphatic heterocycles. The molecular weight excluding hydrogens is 322 g/mol. The lowest BCUT2D eigenvalue weighted by molar-refractivity contribution is 0.0693. The van der Waals surface area contributed by atoms with E-state index < -0.39 is 27.3 Å². The maximum absolute atomic E-state index is 12.3. The monoisotopic (exact) mass is 335 g/mol. The largest absolute Gasteiger partial charge is 0.505 e. The minimum atomic E-state index is -4.03. The molecule has 0 heterocycles. The van der Waals surface area contributed by atoms with Crippen molar-refractivity contribution in [2.45, 2.75) is 11.8 Å². The van der Waals surface area contributed by atoms with Gasteiger partial charge in [0.2, 0.25) is 0 Å². The quantitative estimate of drug-likeness (QED) is 0.568. The fourth-order valence-corrected chi connectivity index (χ4v) is 2.94. The number of carbonyl (C=O) groups excluding carboxylic acids is 1. The van der Waals surface area contributed by atoms with Gasteiger partial charge in [-0.05, 0) is 31.2 Å². The number of carboxylic acids is 1. The van der Waals surface area contributed by atoms with Crippen LogP contribution in [0.1, 0.15) is 27.6 Å². The molecule has 0 aliphatic rings. The lowest BCUT2D eigenvalue weighted by Gasteiger charge is -2.11. The molecule has 0 amide bonds. The Kier molecular flexibility index (Phi) is 4.37. The molecule has 8 heteroatoms. The number of hydrogen-bond donors (Lipinski definition) is 3. The van der Waals surface area contributed by atoms with Crippen molar-refractivity contribution >= 4 is 27.5 Å². The highest BCUT2D eigenvalue weighted by molar-refractivity contribution is 7.92. The standard InChI is InChI=1S/C15H13NO6S/c1-9(17)10-5-7-11(8-6-10)23(21,22)16-13-4-2-3-12(14(13)18)15(19)20/h2-8,16,18H,1H3,(H,19,20). The van der Waals surface area contributed by atoms with E-state index in [0.29, 0.717) is 5.56 Å². The number of aromatic hydroxyl groups is 1. The number of carbonyl (C=O) groups is 2. The lowest BCUT2D eigenvalue weighted by Crippen LogP contribution is -2.14.